The Morgan fingerprint density at radius 2 is 2.24 bits per heavy atom. The fraction of sp³-hybridized carbons (Fsp3) is 0.368. The molecule has 1 aliphatic rings. The van der Waals surface area contributed by atoms with Gasteiger partial charge in [-0.3, -0.25) is 0 Å². The number of H-pyrrole nitrogens is 1. The van der Waals surface area contributed by atoms with E-state index in [0.717, 1.165) is 38.3 Å². The highest BCUT2D eigenvalue weighted by Gasteiger charge is 2.25. The third-order valence-corrected chi connectivity index (χ3v) is 4.92. The van der Waals surface area contributed by atoms with Crippen LogP contribution in [0.15, 0.2) is 48.9 Å². The first-order valence-corrected chi connectivity index (χ1v) is 8.87. The summed E-state index contributed by atoms with van der Waals surface area (Å²) in [4.78, 5) is 21.9. The van der Waals surface area contributed by atoms with Gasteiger partial charge in [0.15, 0.2) is 0 Å². The van der Waals surface area contributed by atoms with E-state index < -0.39 is 0 Å². The maximum atomic E-state index is 12.5. The van der Waals surface area contributed by atoms with E-state index in [-0.39, 0.29) is 6.03 Å². The van der Waals surface area contributed by atoms with Crippen LogP contribution in [0.1, 0.15) is 24.6 Å². The Hall–Kier alpha value is -2.76. The second-order valence-corrected chi connectivity index (χ2v) is 6.56. The van der Waals surface area contributed by atoms with Gasteiger partial charge in [0.1, 0.15) is 5.82 Å². The number of nitrogens with one attached hydrogen (secondary N) is 2. The van der Waals surface area contributed by atoms with Crippen molar-refractivity contribution in [3.05, 3.63) is 54.7 Å². The molecule has 3 aromatic rings. The molecule has 130 valence electrons. The van der Waals surface area contributed by atoms with Crippen LogP contribution >= 0.6 is 0 Å². The van der Waals surface area contributed by atoms with E-state index in [1.807, 2.05) is 23.2 Å². The number of para-hydroxylation sites is 1. The van der Waals surface area contributed by atoms with E-state index in [1.54, 1.807) is 6.20 Å². The molecular formula is C19H23N5O. The van der Waals surface area contributed by atoms with Gasteiger partial charge < -0.3 is 19.8 Å². The number of likely N-dealkylation sites (tertiary alicyclic amines) is 1. The van der Waals surface area contributed by atoms with Crippen LogP contribution in [0.4, 0.5) is 4.79 Å². The van der Waals surface area contributed by atoms with Crippen molar-refractivity contribution in [1.82, 2.24) is 24.8 Å². The van der Waals surface area contributed by atoms with E-state index in [0.29, 0.717) is 12.5 Å². The monoisotopic (exact) mass is 337 g/mol. The minimum atomic E-state index is 0.0210. The number of nitrogens with zero attached hydrogens (tertiary/aromatic N) is 3. The molecule has 1 aromatic carbocycles. The number of aromatic amines is 1. The number of benzene rings is 1. The molecule has 6 heteroatoms. The van der Waals surface area contributed by atoms with Gasteiger partial charge in [-0.05, 0) is 30.4 Å². The fourth-order valence-corrected chi connectivity index (χ4v) is 3.62. The summed E-state index contributed by atoms with van der Waals surface area (Å²) in [6.07, 6.45) is 7.78. The molecule has 0 aliphatic carbocycles. The van der Waals surface area contributed by atoms with E-state index in [1.165, 1.54) is 10.9 Å². The summed E-state index contributed by atoms with van der Waals surface area (Å²) in [6.45, 7) is 2.94. The zero-order chi connectivity index (χ0) is 17.1. The predicted octanol–water partition coefficient (Wildman–Crippen LogP) is 2.95. The number of piperidine rings is 1. The van der Waals surface area contributed by atoms with Gasteiger partial charge in [0, 0.05) is 56.2 Å². The van der Waals surface area contributed by atoms with Gasteiger partial charge in [-0.25, -0.2) is 9.78 Å². The summed E-state index contributed by atoms with van der Waals surface area (Å²) >= 11 is 0. The highest BCUT2D eigenvalue weighted by Crippen LogP contribution is 2.24. The van der Waals surface area contributed by atoms with Crippen molar-refractivity contribution in [3.63, 3.8) is 0 Å². The van der Waals surface area contributed by atoms with Crippen LogP contribution in [0.25, 0.3) is 10.9 Å². The number of rotatable bonds is 4. The lowest BCUT2D eigenvalue weighted by atomic mass is 9.98. The first-order valence-electron chi connectivity index (χ1n) is 8.87. The van der Waals surface area contributed by atoms with Crippen molar-refractivity contribution in [2.24, 2.45) is 0 Å². The van der Waals surface area contributed by atoms with Gasteiger partial charge >= 0.3 is 6.03 Å². The van der Waals surface area contributed by atoms with Gasteiger partial charge in [-0.1, -0.05) is 18.2 Å². The number of fused-ring (bicyclic) bond motifs is 1. The van der Waals surface area contributed by atoms with E-state index in [2.05, 4.69) is 44.2 Å². The van der Waals surface area contributed by atoms with Gasteiger partial charge in [0.25, 0.3) is 0 Å². The lowest BCUT2D eigenvalue weighted by Crippen LogP contribution is -2.45. The largest absolute Gasteiger partial charge is 0.348 e. The Morgan fingerprint density at radius 1 is 1.32 bits per heavy atom. The van der Waals surface area contributed by atoms with Crippen molar-refractivity contribution < 1.29 is 4.79 Å². The predicted molar refractivity (Wildman–Crippen MR) is 97.5 cm³/mol. The van der Waals surface area contributed by atoms with Crippen LogP contribution < -0.4 is 5.32 Å². The number of urea groups is 1. The summed E-state index contributed by atoms with van der Waals surface area (Å²) in [6, 6.07) is 10.4. The van der Waals surface area contributed by atoms with Crippen LogP contribution in [0.2, 0.25) is 0 Å². The Labute approximate surface area is 146 Å². The van der Waals surface area contributed by atoms with E-state index in [9.17, 15) is 4.79 Å². The molecule has 0 radical (unpaired) electrons. The molecule has 0 unspecified atom stereocenters. The van der Waals surface area contributed by atoms with Crippen LogP contribution in [0, 0.1) is 0 Å². The summed E-state index contributed by atoms with van der Waals surface area (Å²) in [7, 11) is 0. The second-order valence-electron chi connectivity index (χ2n) is 6.56. The lowest BCUT2D eigenvalue weighted by Gasteiger charge is -2.31. The van der Waals surface area contributed by atoms with E-state index >= 15 is 0 Å². The highest BCUT2D eigenvalue weighted by molar-refractivity contribution is 5.80. The molecule has 1 aliphatic heterocycles. The smallest absolute Gasteiger partial charge is 0.317 e. The van der Waals surface area contributed by atoms with Crippen LogP contribution in [0.5, 0.6) is 0 Å². The molecule has 3 heterocycles. The molecule has 0 saturated carbocycles. The molecular weight excluding hydrogens is 314 g/mol. The molecule has 2 N–H and O–H groups in total. The lowest BCUT2D eigenvalue weighted by molar-refractivity contribution is 0.178. The number of hydrogen-bond acceptors (Lipinski definition) is 2. The Morgan fingerprint density at radius 3 is 3.12 bits per heavy atom. The zero-order valence-electron chi connectivity index (χ0n) is 14.2. The quantitative estimate of drug-likeness (QED) is 0.769. The normalized spacial score (nSPS) is 17.8. The number of aromatic nitrogens is 3. The Balaban J connectivity index is 1.31. The molecule has 0 bridgehead atoms. The number of imidazole rings is 1. The Kier molecular flexibility index (Phi) is 4.41. The second kappa shape index (κ2) is 7.01. The van der Waals surface area contributed by atoms with Crippen molar-refractivity contribution in [1.29, 1.82) is 0 Å². The van der Waals surface area contributed by atoms with Gasteiger partial charge in [-0.2, -0.15) is 0 Å². The molecule has 1 atom stereocenters. The topological polar surface area (TPSA) is 66.0 Å². The van der Waals surface area contributed by atoms with Crippen molar-refractivity contribution in [2.45, 2.75) is 25.3 Å². The molecule has 6 nitrogen and oxygen atoms in total. The van der Waals surface area contributed by atoms with Crippen molar-refractivity contribution in [3.8, 4) is 0 Å². The van der Waals surface area contributed by atoms with Gasteiger partial charge in [-0.15, -0.1) is 0 Å². The molecule has 2 amide bonds. The first-order chi connectivity index (χ1) is 12.3. The summed E-state index contributed by atoms with van der Waals surface area (Å²) in [5, 5.41) is 4.28. The number of hydrogen-bond donors (Lipinski definition) is 2. The molecule has 2 aromatic heterocycles. The molecule has 1 fully saturated rings. The third-order valence-electron chi connectivity index (χ3n) is 4.92. The fourth-order valence-electron chi connectivity index (χ4n) is 3.62. The first kappa shape index (κ1) is 15.7. The average Bonchev–Trinajstić information content (AvgIpc) is 3.32. The SMILES string of the molecule is O=C(NCCn1ccc2ccccc21)N1CCC[C@H](c2ncc[nH]2)C1. The average molecular weight is 337 g/mol. The van der Waals surface area contributed by atoms with Crippen LogP contribution in [-0.2, 0) is 6.54 Å². The molecule has 1 saturated heterocycles. The van der Waals surface area contributed by atoms with E-state index in [4.69, 9.17) is 0 Å². The van der Waals surface area contributed by atoms with Crippen LogP contribution in [0.3, 0.4) is 0 Å². The minimum Gasteiger partial charge on any atom is -0.348 e. The van der Waals surface area contributed by atoms with Crippen molar-refractivity contribution >= 4 is 16.9 Å². The maximum Gasteiger partial charge on any atom is 0.317 e. The van der Waals surface area contributed by atoms with Gasteiger partial charge in [0.05, 0.1) is 0 Å². The summed E-state index contributed by atoms with van der Waals surface area (Å²) in [5.41, 5.74) is 1.20. The molecule has 25 heavy (non-hydrogen) atoms. The molecule has 4 rings (SSSR count). The standard InChI is InChI=1S/C19H23N5O/c25-19(24-11-3-5-16(14-24)18-20-8-9-21-18)22-10-13-23-12-7-15-4-1-2-6-17(15)23/h1-2,4,6-9,12,16H,3,5,10-11,13-14H2,(H,20,21)(H,22,25)/t16-/m0/s1. The van der Waals surface area contributed by atoms with Gasteiger partial charge in [0.2, 0.25) is 0 Å². The zero-order valence-corrected chi connectivity index (χ0v) is 14.2. The maximum absolute atomic E-state index is 12.5. The summed E-state index contributed by atoms with van der Waals surface area (Å²) in [5.74, 6) is 1.29. The molecule has 0 spiro atoms. The number of carbonyl (C=O) groups is 1. The summed E-state index contributed by atoms with van der Waals surface area (Å²) < 4.78 is 2.18. The Bertz CT molecular complexity index is 839. The number of amides is 2. The number of carbonyl (C=O) groups excluding carboxylic acids is 1. The minimum absolute atomic E-state index is 0.0210. The van der Waals surface area contributed by atoms with Crippen molar-refractivity contribution in [2.75, 3.05) is 19.6 Å². The third kappa shape index (κ3) is 3.38. The van der Waals surface area contributed by atoms with Crippen LogP contribution in [-0.4, -0.2) is 45.1 Å². The highest BCUT2D eigenvalue weighted by atomic mass is 16.2.